The monoisotopic (exact) mass is 489 g/mol. The summed E-state index contributed by atoms with van der Waals surface area (Å²) in [6.45, 7) is 1.83. The number of benzene rings is 3. The van der Waals surface area contributed by atoms with Crippen molar-refractivity contribution in [1.82, 2.24) is 4.72 Å². The van der Waals surface area contributed by atoms with Crippen LogP contribution in [0.2, 0.25) is 0 Å². The van der Waals surface area contributed by atoms with Crippen molar-refractivity contribution in [1.29, 1.82) is 0 Å². The lowest BCUT2D eigenvalue weighted by molar-refractivity contribution is 0.101. The average molecular weight is 490 g/mol. The van der Waals surface area contributed by atoms with Crippen LogP contribution in [0.25, 0.3) is 0 Å². The van der Waals surface area contributed by atoms with Gasteiger partial charge in [-0.15, -0.1) is 0 Å². The number of carbonyl (C=O) groups is 2. The minimum atomic E-state index is -3.82. The van der Waals surface area contributed by atoms with E-state index in [1.165, 1.54) is 24.5 Å². The third kappa shape index (κ3) is 6.03. The summed E-state index contributed by atoms with van der Waals surface area (Å²) in [5, 5.41) is 5.54. The van der Waals surface area contributed by atoms with Gasteiger partial charge in [-0.25, -0.2) is 13.1 Å². The summed E-state index contributed by atoms with van der Waals surface area (Å²) in [5.74, 6) is -0.253. The van der Waals surface area contributed by atoms with Gasteiger partial charge in [0.05, 0.1) is 17.7 Å². The first-order chi connectivity index (χ1) is 16.8. The zero-order valence-corrected chi connectivity index (χ0v) is 19.6. The molecule has 4 aromatic rings. The number of furan rings is 1. The lowest BCUT2D eigenvalue weighted by Gasteiger charge is -2.12. The summed E-state index contributed by atoms with van der Waals surface area (Å²) >= 11 is 0. The highest BCUT2D eigenvalue weighted by Crippen LogP contribution is 2.21. The van der Waals surface area contributed by atoms with E-state index in [2.05, 4.69) is 15.4 Å². The molecule has 2 amide bonds. The molecule has 3 aromatic carbocycles. The first-order valence-electron chi connectivity index (χ1n) is 10.7. The van der Waals surface area contributed by atoms with E-state index in [0.29, 0.717) is 28.3 Å². The van der Waals surface area contributed by atoms with Gasteiger partial charge in [-0.1, -0.05) is 30.3 Å². The summed E-state index contributed by atoms with van der Waals surface area (Å²) in [6.07, 6.45) is 1.46. The normalized spacial score (nSPS) is 11.1. The van der Waals surface area contributed by atoms with E-state index >= 15 is 0 Å². The van der Waals surface area contributed by atoms with E-state index < -0.39 is 15.9 Å². The van der Waals surface area contributed by atoms with Gasteiger partial charge in [-0.3, -0.25) is 9.59 Å². The summed E-state index contributed by atoms with van der Waals surface area (Å²) in [5.41, 5.74) is 2.42. The summed E-state index contributed by atoms with van der Waals surface area (Å²) < 4.78 is 32.9. The van der Waals surface area contributed by atoms with E-state index in [-0.39, 0.29) is 17.3 Å². The second-order valence-corrected chi connectivity index (χ2v) is 9.50. The van der Waals surface area contributed by atoms with E-state index in [1.54, 1.807) is 60.7 Å². The molecule has 1 aromatic heterocycles. The van der Waals surface area contributed by atoms with Crippen LogP contribution >= 0.6 is 0 Å². The topological polar surface area (TPSA) is 118 Å². The minimum absolute atomic E-state index is 0.00146. The number of hydrogen-bond acceptors (Lipinski definition) is 5. The van der Waals surface area contributed by atoms with Crippen LogP contribution in [0.4, 0.5) is 11.4 Å². The van der Waals surface area contributed by atoms with Crippen molar-refractivity contribution in [3.05, 3.63) is 114 Å². The molecule has 0 bridgehead atoms. The van der Waals surface area contributed by atoms with E-state index in [9.17, 15) is 18.0 Å². The van der Waals surface area contributed by atoms with Gasteiger partial charge in [0.25, 0.3) is 11.8 Å². The van der Waals surface area contributed by atoms with Crippen molar-refractivity contribution in [2.45, 2.75) is 18.4 Å². The van der Waals surface area contributed by atoms with Crippen LogP contribution in [0, 0.1) is 6.92 Å². The zero-order chi connectivity index (χ0) is 24.8. The summed E-state index contributed by atoms with van der Waals surface area (Å²) in [4.78, 5) is 25.4. The predicted octanol–water partition coefficient (Wildman–Crippen LogP) is 4.57. The highest BCUT2D eigenvalue weighted by molar-refractivity contribution is 7.89. The van der Waals surface area contributed by atoms with Crippen LogP contribution in [0.5, 0.6) is 0 Å². The number of carbonyl (C=O) groups excluding carboxylic acids is 2. The van der Waals surface area contributed by atoms with Crippen LogP contribution < -0.4 is 15.4 Å². The molecule has 1 heterocycles. The van der Waals surface area contributed by atoms with Crippen molar-refractivity contribution in [2.24, 2.45) is 0 Å². The number of aryl methyl sites for hydroxylation is 1. The molecular weight excluding hydrogens is 466 g/mol. The van der Waals surface area contributed by atoms with Gasteiger partial charge in [0, 0.05) is 22.5 Å². The SMILES string of the molecule is Cc1ccc(C(=O)Nc2cccc(S(=O)(=O)NCc3ccco3)c2)cc1NC(=O)c1ccccc1. The molecule has 0 radical (unpaired) electrons. The molecular formula is C26H23N3O5S. The Hall–Kier alpha value is -4.21. The maximum Gasteiger partial charge on any atom is 0.255 e. The third-order valence-electron chi connectivity index (χ3n) is 5.20. The molecule has 0 unspecified atom stereocenters. The molecule has 0 aliphatic rings. The molecule has 4 rings (SSSR count). The minimum Gasteiger partial charge on any atom is -0.468 e. The Morgan fingerprint density at radius 3 is 2.31 bits per heavy atom. The van der Waals surface area contributed by atoms with Crippen molar-refractivity contribution in [3.63, 3.8) is 0 Å². The van der Waals surface area contributed by atoms with Crippen molar-refractivity contribution < 1.29 is 22.4 Å². The Morgan fingerprint density at radius 1 is 0.800 bits per heavy atom. The van der Waals surface area contributed by atoms with Gasteiger partial charge in [-0.2, -0.15) is 0 Å². The largest absolute Gasteiger partial charge is 0.468 e. The molecule has 35 heavy (non-hydrogen) atoms. The number of nitrogens with one attached hydrogen (secondary N) is 3. The van der Waals surface area contributed by atoms with Gasteiger partial charge >= 0.3 is 0 Å². The fourth-order valence-electron chi connectivity index (χ4n) is 3.29. The second kappa shape index (κ2) is 10.4. The average Bonchev–Trinajstić information content (AvgIpc) is 3.39. The molecule has 0 spiro atoms. The highest BCUT2D eigenvalue weighted by Gasteiger charge is 2.16. The standard InChI is InChI=1S/C26H23N3O5S/c1-18-12-13-20(15-24(18)29-25(30)19-7-3-2-4-8-19)26(31)28-21-9-5-11-23(16-21)35(32,33)27-17-22-10-6-14-34-22/h2-16,27H,17H2,1H3,(H,28,31)(H,29,30). The van der Waals surface area contributed by atoms with Crippen molar-refractivity contribution >= 4 is 33.2 Å². The Bertz CT molecular complexity index is 1450. The zero-order valence-electron chi connectivity index (χ0n) is 18.8. The van der Waals surface area contributed by atoms with Gasteiger partial charge < -0.3 is 15.1 Å². The van der Waals surface area contributed by atoms with Crippen molar-refractivity contribution in [3.8, 4) is 0 Å². The maximum atomic E-state index is 12.9. The Balaban J connectivity index is 1.47. The van der Waals surface area contributed by atoms with Gasteiger partial charge in [-0.05, 0) is 67.1 Å². The number of anilines is 2. The molecule has 0 saturated carbocycles. The molecule has 178 valence electrons. The molecule has 9 heteroatoms. The Morgan fingerprint density at radius 2 is 1.57 bits per heavy atom. The van der Waals surface area contributed by atoms with Gasteiger partial charge in [0.1, 0.15) is 5.76 Å². The molecule has 3 N–H and O–H groups in total. The number of rotatable bonds is 8. The first-order valence-corrected chi connectivity index (χ1v) is 12.2. The van der Waals surface area contributed by atoms with Crippen LogP contribution in [0.1, 0.15) is 32.0 Å². The molecule has 0 fully saturated rings. The van der Waals surface area contributed by atoms with Crippen LogP contribution in [-0.4, -0.2) is 20.2 Å². The number of amides is 2. The predicted molar refractivity (Wildman–Crippen MR) is 133 cm³/mol. The van der Waals surface area contributed by atoms with Crippen LogP contribution in [0.15, 0.2) is 101 Å². The smallest absolute Gasteiger partial charge is 0.255 e. The fourth-order valence-corrected chi connectivity index (χ4v) is 4.33. The lowest BCUT2D eigenvalue weighted by atomic mass is 10.1. The van der Waals surface area contributed by atoms with Crippen molar-refractivity contribution in [2.75, 3.05) is 10.6 Å². The fraction of sp³-hybridized carbons (Fsp3) is 0.0769. The van der Waals surface area contributed by atoms with Crippen LogP contribution in [0.3, 0.4) is 0 Å². The highest BCUT2D eigenvalue weighted by atomic mass is 32.2. The van der Waals surface area contributed by atoms with Crippen LogP contribution in [-0.2, 0) is 16.6 Å². The molecule has 0 aliphatic heterocycles. The quantitative estimate of drug-likeness (QED) is 0.335. The summed E-state index contributed by atoms with van der Waals surface area (Å²) in [6, 6.07) is 23.0. The summed E-state index contributed by atoms with van der Waals surface area (Å²) in [7, 11) is -3.82. The second-order valence-electron chi connectivity index (χ2n) is 7.74. The lowest BCUT2D eigenvalue weighted by Crippen LogP contribution is -2.23. The number of hydrogen-bond donors (Lipinski definition) is 3. The molecule has 0 atom stereocenters. The third-order valence-corrected chi connectivity index (χ3v) is 6.60. The van der Waals surface area contributed by atoms with E-state index in [4.69, 9.17) is 4.42 Å². The van der Waals surface area contributed by atoms with Gasteiger partial charge in [0.15, 0.2) is 0 Å². The Kier molecular flexibility index (Phi) is 7.09. The van der Waals surface area contributed by atoms with E-state index in [0.717, 1.165) is 5.56 Å². The molecule has 0 saturated heterocycles. The number of sulfonamides is 1. The first kappa shape index (κ1) is 23.9. The molecule has 8 nitrogen and oxygen atoms in total. The Labute approximate surface area is 203 Å². The van der Waals surface area contributed by atoms with E-state index in [1.807, 2.05) is 13.0 Å². The molecule has 0 aliphatic carbocycles. The van der Waals surface area contributed by atoms with Gasteiger partial charge in [0.2, 0.25) is 10.0 Å². The maximum absolute atomic E-state index is 12.9.